The first-order valence-corrected chi connectivity index (χ1v) is 9.92. The van der Waals surface area contributed by atoms with Crippen molar-refractivity contribution in [2.75, 3.05) is 11.8 Å². The van der Waals surface area contributed by atoms with Gasteiger partial charge in [-0.2, -0.15) is 5.10 Å². The first-order chi connectivity index (χ1) is 12.3. The zero-order valence-electron chi connectivity index (χ0n) is 14.4. The van der Waals surface area contributed by atoms with Gasteiger partial charge in [-0.1, -0.05) is 28.1 Å². The van der Waals surface area contributed by atoms with Gasteiger partial charge in [-0.15, -0.1) is 0 Å². The summed E-state index contributed by atoms with van der Waals surface area (Å²) in [6.45, 7) is 1.84. The monoisotopic (exact) mass is 436 g/mol. The molecule has 1 N–H and O–H groups in total. The molecule has 0 aliphatic heterocycles. The number of aromatic nitrogens is 3. The van der Waals surface area contributed by atoms with Crippen molar-refractivity contribution in [1.82, 2.24) is 14.8 Å². The van der Waals surface area contributed by atoms with Gasteiger partial charge in [-0.25, -0.2) is 13.4 Å². The van der Waals surface area contributed by atoms with Gasteiger partial charge < -0.3 is 4.74 Å². The molecule has 0 saturated carbocycles. The van der Waals surface area contributed by atoms with E-state index in [1.807, 2.05) is 31.2 Å². The average molecular weight is 437 g/mol. The van der Waals surface area contributed by atoms with Crippen LogP contribution in [0.1, 0.15) is 5.69 Å². The van der Waals surface area contributed by atoms with Gasteiger partial charge in [-0.3, -0.25) is 9.40 Å². The minimum atomic E-state index is -3.82. The Labute approximate surface area is 160 Å². The maximum Gasteiger partial charge on any atom is 0.264 e. The van der Waals surface area contributed by atoms with E-state index in [0.717, 1.165) is 21.3 Å². The zero-order valence-corrected chi connectivity index (χ0v) is 16.8. The highest BCUT2D eigenvalue weighted by atomic mass is 79.9. The van der Waals surface area contributed by atoms with Crippen LogP contribution in [-0.2, 0) is 17.1 Å². The van der Waals surface area contributed by atoms with Crippen molar-refractivity contribution in [2.45, 2.75) is 11.8 Å². The lowest BCUT2D eigenvalue weighted by Crippen LogP contribution is -2.16. The number of nitrogens with zero attached hydrogens (tertiary/aromatic N) is 3. The number of nitrogens with one attached hydrogen (secondary N) is 1. The SMILES string of the molecule is COc1ccc(S(=O)(=O)Nc2c(-c3ccc(Br)cc3)c(C)nn2C)cn1. The number of hydrogen-bond acceptors (Lipinski definition) is 5. The number of halogens is 1. The number of pyridine rings is 1. The van der Waals surface area contributed by atoms with Crippen LogP contribution in [0.15, 0.2) is 52.0 Å². The normalized spacial score (nSPS) is 11.4. The molecule has 0 saturated heterocycles. The van der Waals surface area contributed by atoms with E-state index in [-0.39, 0.29) is 4.90 Å². The molecule has 0 unspecified atom stereocenters. The van der Waals surface area contributed by atoms with Crippen LogP contribution < -0.4 is 9.46 Å². The van der Waals surface area contributed by atoms with Crippen molar-refractivity contribution in [2.24, 2.45) is 7.05 Å². The van der Waals surface area contributed by atoms with Crippen LogP contribution in [-0.4, -0.2) is 30.3 Å². The maximum atomic E-state index is 12.8. The van der Waals surface area contributed by atoms with Crippen molar-refractivity contribution in [3.8, 4) is 17.0 Å². The van der Waals surface area contributed by atoms with E-state index in [1.165, 1.54) is 30.1 Å². The molecule has 0 aliphatic rings. The quantitative estimate of drug-likeness (QED) is 0.662. The van der Waals surface area contributed by atoms with E-state index < -0.39 is 10.0 Å². The number of benzene rings is 1. The Balaban J connectivity index is 2.02. The molecule has 9 heteroatoms. The van der Waals surface area contributed by atoms with Crippen LogP contribution in [0.5, 0.6) is 5.88 Å². The number of rotatable bonds is 5. The Bertz CT molecular complexity index is 1030. The predicted molar refractivity (Wildman–Crippen MR) is 103 cm³/mol. The molecular formula is C17H17BrN4O3S. The van der Waals surface area contributed by atoms with Gasteiger partial charge in [0.05, 0.1) is 19.0 Å². The molecule has 0 bridgehead atoms. The summed E-state index contributed by atoms with van der Waals surface area (Å²) in [4.78, 5) is 3.99. The summed E-state index contributed by atoms with van der Waals surface area (Å²) in [6.07, 6.45) is 1.25. The second kappa shape index (κ2) is 7.08. The lowest BCUT2D eigenvalue weighted by molar-refractivity contribution is 0.397. The number of methoxy groups -OCH3 is 1. The number of hydrogen-bond donors (Lipinski definition) is 1. The first-order valence-electron chi connectivity index (χ1n) is 7.64. The Morgan fingerprint density at radius 2 is 1.85 bits per heavy atom. The van der Waals surface area contributed by atoms with E-state index in [4.69, 9.17) is 4.74 Å². The summed E-state index contributed by atoms with van der Waals surface area (Å²) in [6, 6.07) is 10.5. The molecule has 0 radical (unpaired) electrons. The van der Waals surface area contributed by atoms with Crippen LogP contribution in [0, 0.1) is 6.92 Å². The molecule has 0 amide bonds. The van der Waals surface area contributed by atoms with Gasteiger partial charge in [-0.05, 0) is 30.7 Å². The lowest BCUT2D eigenvalue weighted by Gasteiger charge is -2.11. The molecule has 2 heterocycles. The fourth-order valence-corrected chi connectivity index (χ4v) is 3.88. The molecule has 0 fully saturated rings. The van der Waals surface area contributed by atoms with Crippen molar-refractivity contribution in [1.29, 1.82) is 0 Å². The Morgan fingerprint density at radius 1 is 1.15 bits per heavy atom. The van der Waals surface area contributed by atoms with E-state index in [1.54, 1.807) is 7.05 Å². The van der Waals surface area contributed by atoms with E-state index in [0.29, 0.717) is 11.7 Å². The van der Waals surface area contributed by atoms with Crippen molar-refractivity contribution in [3.63, 3.8) is 0 Å². The largest absolute Gasteiger partial charge is 0.481 e. The van der Waals surface area contributed by atoms with Crippen LogP contribution in [0.25, 0.3) is 11.1 Å². The molecule has 7 nitrogen and oxygen atoms in total. The Hall–Kier alpha value is -2.39. The van der Waals surface area contributed by atoms with Gasteiger partial charge in [0.15, 0.2) is 0 Å². The summed E-state index contributed by atoms with van der Waals surface area (Å²) >= 11 is 3.40. The standard InChI is InChI=1S/C17H17BrN4O3S/c1-11-16(12-4-6-13(18)7-5-12)17(22(2)20-11)21-26(23,24)14-8-9-15(25-3)19-10-14/h4-10,21H,1-3H3. The topological polar surface area (TPSA) is 86.1 Å². The summed E-state index contributed by atoms with van der Waals surface area (Å²) < 4.78 is 35.6. The van der Waals surface area contributed by atoms with Crippen LogP contribution in [0.3, 0.4) is 0 Å². The van der Waals surface area contributed by atoms with Crippen LogP contribution in [0.2, 0.25) is 0 Å². The molecule has 26 heavy (non-hydrogen) atoms. The van der Waals surface area contributed by atoms with Crippen molar-refractivity contribution in [3.05, 3.63) is 52.8 Å². The van der Waals surface area contributed by atoms with Gasteiger partial charge in [0.25, 0.3) is 10.0 Å². The predicted octanol–water partition coefficient (Wildman–Crippen LogP) is 3.36. The fourth-order valence-electron chi connectivity index (χ4n) is 2.57. The van der Waals surface area contributed by atoms with Gasteiger partial charge in [0.1, 0.15) is 10.7 Å². The number of aryl methyl sites for hydroxylation is 2. The number of ether oxygens (including phenoxy) is 1. The molecule has 1 aromatic carbocycles. The van der Waals surface area contributed by atoms with Crippen LogP contribution in [0.4, 0.5) is 5.82 Å². The Morgan fingerprint density at radius 3 is 2.42 bits per heavy atom. The number of anilines is 1. The summed E-state index contributed by atoms with van der Waals surface area (Å²) in [7, 11) is -0.660. The van der Waals surface area contributed by atoms with Gasteiger partial charge in [0, 0.05) is 23.2 Å². The molecule has 0 aliphatic carbocycles. The highest BCUT2D eigenvalue weighted by Gasteiger charge is 2.22. The minimum absolute atomic E-state index is 0.0407. The zero-order chi connectivity index (χ0) is 18.9. The van der Waals surface area contributed by atoms with Crippen LogP contribution >= 0.6 is 15.9 Å². The summed E-state index contributed by atoms with van der Waals surface area (Å²) in [5.74, 6) is 0.733. The molecule has 3 aromatic rings. The smallest absolute Gasteiger partial charge is 0.264 e. The van der Waals surface area contributed by atoms with Crippen molar-refractivity contribution >= 4 is 31.8 Å². The molecular weight excluding hydrogens is 420 g/mol. The second-order valence-corrected chi connectivity index (χ2v) is 8.18. The fraction of sp³-hybridized carbons (Fsp3) is 0.176. The molecule has 2 aromatic heterocycles. The van der Waals surface area contributed by atoms with Gasteiger partial charge >= 0.3 is 0 Å². The molecule has 3 rings (SSSR count). The first kappa shape index (κ1) is 18.4. The third kappa shape index (κ3) is 3.58. The minimum Gasteiger partial charge on any atom is -0.481 e. The summed E-state index contributed by atoms with van der Waals surface area (Å²) in [5, 5.41) is 4.36. The lowest BCUT2D eigenvalue weighted by atomic mass is 10.1. The van der Waals surface area contributed by atoms with E-state index in [9.17, 15) is 8.42 Å². The molecule has 0 spiro atoms. The molecule has 0 atom stereocenters. The second-order valence-electron chi connectivity index (χ2n) is 5.58. The van der Waals surface area contributed by atoms with Gasteiger partial charge in [0.2, 0.25) is 5.88 Å². The summed E-state index contributed by atoms with van der Waals surface area (Å²) in [5.41, 5.74) is 2.31. The number of sulfonamides is 1. The third-order valence-electron chi connectivity index (χ3n) is 3.81. The highest BCUT2D eigenvalue weighted by Crippen LogP contribution is 2.33. The Kier molecular flexibility index (Phi) is 5.01. The third-order valence-corrected chi connectivity index (χ3v) is 5.67. The van der Waals surface area contributed by atoms with E-state index in [2.05, 4.69) is 30.7 Å². The molecule has 136 valence electrons. The van der Waals surface area contributed by atoms with E-state index >= 15 is 0 Å². The highest BCUT2D eigenvalue weighted by molar-refractivity contribution is 9.10. The maximum absolute atomic E-state index is 12.8. The van der Waals surface area contributed by atoms with Crippen molar-refractivity contribution < 1.29 is 13.2 Å². The average Bonchev–Trinajstić information content (AvgIpc) is 2.89.